The van der Waals surface area contributed by atoms with Crippen LogP contribution in [-0.4, -0.2) is 65.6 Å². The van der Waals surface area contributed by atoms with Crippen LogP contribution in [0.2, 0.25) is 0 Å². The molecule has 0 radical (unpaired) electrons. The van der Waals surface area contributed by atoms with Gasteiger partial charge in [0.1, 0.15) is 0 Å². The van der Waals surface area contributed by atoms with Crippen molar-refractivity contribution in [2.75, 3.05) is 0 Å². The van der Waals surface area contributed by atoms with Crippen molar-refractivity contribution >= 4 is 259 Å². The van der Waals surface area contributed by atoms with E-state index in [1.54, 1.807) is 0 Å². The normalized spacial score (nSPS) is 11.5. The molecule has 12 nitrogen and oxygen atoms in total. The van der Waals surface area contributed by atoms with E-state index in [9.17, 15) is 0 Å². The molecular weight excluding hydrogens is 2280 g/mol. The number of halogens is 12. The molecule has 4 aromatic heterocycles. The van der Waals surface area contributed by atoms with E-state index in [-0.39, 0.29) is 90.1 Å². The van der Waals surface area contributed by atoms with Crippen molar-refractivity contribution in [3.8, 4) is 0 Å². The molecule has 0 atom stereocenters. The number of hydrogen-bond donors (Lipinski definition) is 0. The van der Waals surface area contributed by atoms with Crippen molar-refractivity contribution in [1.29, 1.82) is 0 Å². The largest absolute Gasteiger partial charge is 2.00 e. The van der Waals surface area contributed by atoms with Crippen LogP contribution in [0.25, 0.3) is 0 Å². The summed E-state index contributed by atoms with van der Waals surface area (Å²) in [5, 5.41) is 0. The number of aliphatic imine (C=N–C) groups is 8. The molecule has 12 rings (SSSR count). The summed E-state index contributed by atoms with van der Waals surface area (Å²) < 4.78 is 8.47. The summed E-state index contributed by atoms with van der Waals surface area (Å²) in [7, 11) is 19.1. The van der Waals surface area contributed by atoms with Gasteiger partial charge in [0.25, 0.3) is 0 Å². The quantitative estimate of drug-likeness (QED) is 0.0537. The molecule has 8 aromatic carbocycles. The zero-order valence-electron chi connectivity index (χ0n) is 68.4. The van der Waals surface area contributed by atoms with E-state index >= 15 is 0 Å². The summed E-state index contributed by atoms with van der Waals surface area (Å²) in [6.07, 6.45) is 0. The molecule has 12 aromatic rings. The van der Waals surface area contributed by atoms with Crippen LogP contribution in [-0.2, 0) is 60.4 Å². The predicted molar refractivity (Wildman–Crippen MR) is 533 cm³/mol. The number of aryl methyl sites for hydroxylation is 4. The molecule has 0 unspecified atom stereocenters. The van der Waals surface area contributed by atoms with E-state index in [1.165, 1.54) is 0 Å². The van der Waals surface area contributed by atoms with E-state index in [2.05, 4.69) is 199 Å². The van der Waals surface area contributed by atoms with E-state index in [4.69, 9.17) is 80.3 Å². The van der Waals surface area contributed by atoms with Gasteiger partial charge in [-0.15, -0.1) is 0 Å². The first-order chi connectivity index (χ1) is 54.5. The van der Waals surface area contributed by atoms with Gasteiger partial charge in [-0.3, -0.25) is 39.9 Å². The molecule has 0 bridgehead atoms. The third-order valence-corrected chi connectivity index (χ3v) is 21.9. The fourth-order valence-electron chi connectivity index (χ4n) is 10.2. The van der Waals surface area contributed by atoms with Crippen LogP contribution in [0.15, 0.2) is 318 Å². The fourth-order valence-corrected chi connectivity index (χ4v) is 12.3. The number of pyridine rings is 4. The fraction of sp³-hybridized carbons (Fsp3) is 0.130. The molecule has 0 aliphatic rings. The van der Waals surface area contributed by atoms with Crippen molar-refractivity contribution in [2.45, 2.75) is 83.1 Å². The van der Waals surface area contributed by atoms with Crippen LogP contribution in [0.4, 0.5) is 45.5 Å². The Bertz CT molecular complexity index is 4870. The van der Waals surface area contributed by atoms with Crippen LogP contribution in [0.1, 0.15) is 123 Å². The van der Waals surface area contributed by atoms with Crippen molar-refractivity contribution < 1.29 is 60.4 Å². The molecule has 0 aliphatic carbocycles. The van der Waals surface area contributed by atoms with Crippen LogP contribution < -0.4 is 0 Å². The number of benzene rings is 8. The van der Waals surface area contributed by atoms with Gasteiger partial charge in [0.15, 0.2) is 0 Å². The Morgan fingerprint density at radius 1 is 0.225 bits per heavy atom. The smallest absolute Gasteiger partial charge is 2.00 e. The van der Waals surface area contributed by atoms with Gasteiger partial charge in [-0.2, -0.15) is 0 Å². The summed E-state index contributed by atoms with van der Waals surface area (Å²) >= 11 is 28.2. The summed E-state index contributed by atoms with van der Waals surface area (Å²) in [6, 6.07) is 79.6. The van der Waals surface area contributed by atoms with Crippen LogP contribution >= 0.6 is 168 Å². The molecule has 632 valence electrons. The van der Waals surface area contributed by atoms with Gasteiger partial charge in [-0.05, 0) is 324 Å². The Kier molecular flexibility index (Phi) is 55.4. The van der Waals surface area contributed by atoms with E-state index in [0.29, 0.717) is 0 Å². The SMILES string of the molecule is CC(=Nc1ccc(Br)c(C)c1)c1cccc(C(C)=Nc2ccc(Br)c(C)c2)n1.CC(=Nc1ccc(Br)c(C)c1)c1cccc(C(C)=Nc2ccc(Br)c(C)c2)n1.CC(=Nc1ccc(Br)cc1)c1cccc(C(C)=Nc2ccc(Br)cc2)n1.CC(=Nc1ccc(Br)cc1)c1cccc(C(C)=Nc2ccc(Br)cc2)n1.[CH3-].[CH3-].[CH3-].[CH3-].[Cl][Fe][Cl].[Cl][Fe][Cl].[Fe+2].[Fe+2]. The number of rotatable bonds is 16. The standard InChI is InChI=1S/2C23H21Br2N3.2C21H17Br2N3.4CH3.4ClH.4Fe/c2*1-14-12-18(8-10-20(14)24)26-16(3)22-6-5-7-23(28-22)17(4)27-19-9-11-21(25)15(2)13-19;2*1-14(24-18-10-6-16(22)7-11-18)20-4-3-5-21(26-20)15(2)25-19-12-8-17(23)9-13-19;;;;;;;;;;;;/h2*5-13H,1-4H3;2*3-13H,1-2H3;4*1H3;4*1H;;;;/q;;;;4*-1;;;;;4*+2/p-4. The van der Waals surface area contributed by atoms with Gasteiger partial charge in [0.05, 0.1) is 137 Å². The topological polar surface area (TPSA) is 150 Å². The predicted octanol–water partition coefficient (Wildman–Crippen LogP) is 33.3. The third kappa shape index (κ3) is 38.7. The van der Waals surface area contributed by atoms with Gasteiger partial charge in [-0.1, -0.05) is 152 Å². The monoisotopic (exact) mass is 2360 g/mol. The van der Waals surface area contributed by atoms with Crippen LogP contribution in [0.3, 0.4) is 0 Å². The molecular formula is C92H88Br8Cl4Fe4N12. The summed E-state index contributed by atoms with van der Waals surface area (Å²) in [6.45, 7) is 24.0. The molecule has 0 aliphatic heterocycles. The zero-order valence-corrected chi connectivity index (χ0v) is 88.5. The molecule has 0 spiro atoms. The van der Waals surface area contributed by atoms with Gasteiger partial charge in [0.2, 0.25) is 0 Å². The van der Waals surface area contributed by atoms with Crippen molar-refractivity contribution in [1.82, 2.24) is 19.9 Å². The average Bonchev–Trinajstić information content (AvgIpc) is 0.852. The van der Waals surface area contributed by atoms with Crippen molar-refractivity contribution in [2.24, 2.45) is 39.9 Å². The second kappa shape index (κ2) is 58.9. The summed E-state index contributed by atoms with van der Waals surface area (Å²) in [5.41, 5.74) is 25.6. The molecule has 0 N–H and O–H groups in total. The number of aromatic nitrogens is 4. The molecule has 0 saturated heterocycles. The Morgan fingerprint density at radius 3 is 0.483 bits per heavy atom. The van der Waals surface area contributed by atoms with E-state index in [0.717, 1.165) is 195 Å². The summed E-state index contributed by atoms with van der Waals surface area (Å²) in [5.74, 6) is 0. The van der Waals surface area contributed by atoms with Gasteiger partial charge in [-0.25, -0.2) is 19.9 Å². The van der Waals surface area contributed by atoms with Crippen molar-refractivity contribution in [3.05, 3.63) is 376 Å². The van der Waals surface area contributed by atoms with Gasteiger partial charge < -0.3 is 29.7 Å². The minimum atomic E-state index is 0. The van der Waals surface area contributed by atoms with Crippen molar-refractivity contribution in [3.63, 3.8) is 0 Å². The molecule has 0 saturated carbocycles. The maximum atomic E-state index is 4.76. The molecule has 0 fully saturated rings. The molecule has 28 heteroatoms. The molecule has 120 heavy (non-hydrogen) atoms. The third-order valence-electron chi connectivity index (χ3n) is 16.2. The Balaban J connectivity index is 0.000000769. The van der Waals surface area contributed by atoms with Gasteiger partial charge in [0, 0.05) is 35.8 Å². The zero-order chi connectivity index (χ0) is 83.0. The second-order valence-electron chi connectivity index (χ2n) is 25.0. The Morgan fingerprint density at radius 2 is 0.350 bits per heavy atom. The number of hydrogen-bond acceptors (Lipinski definition) is 12. The molecule has 4 heterocycles. The van der Waals surface area contributed by atoms with E-state index in [1.807, 2.05) is 274 Å². The first-order valence-corrected chi connectivity index (χ1v) is 47.0. The first-order valence-electron chi connectivity index (χ1n) is 34.6. The minimum absolute atomic E-state index is 0. The Labute approximate surface area is 828 Å². The minimum Gasteiger partial charge on any atom is 2.00 e. The maximum absolute atomic E-state index is 4.76. The summed E-state index contributed by atoms with van der Waals surface area (Å²) in [4.78, 5) is 56.5. The number of nitrogens with zero attached hydrogens (tertiary/aromatic N) is 12. The second-order valence-corrected chi connectivity index (χ2v) is 35.7. The molecule has 0 amide bonds. The first kappa shape index (κ1) is 113. The van der Waals surface area contributed by atoms with Crippen LogP contribution in [0, 0.1) is 57.4 Å². The van der Waals surface area contributed by atoms with E-state index < -0.39 is 0 Å². The van der Waals surface area contributed by atoms with Gasteiger partial charge >= 0.3 is 101 Å². The maximum Gasteiger partial charge on any atom is 2.00 e. The average molecular weight is 2370 g/mol. The van der Waals surface area contributed by atoms with Crippen LogP contribution in [0.5, 0.6) is 0 Å². The Hall–Kier alpha value is -5.20.